The van der Waals surface area contributed by atoms with Gasteiger partial charge in [0.05, 0.1) is 29.6 Å². The summed E-state index contributed by atoms with van der Waals surface area (Å²) < 4.78 is 7.49. The number of hydrogen-bond donors (Lipinski definition) is 1. The molecule has 3 aromatic heterocycles. The van der Waals surface area contributed by atoms with Gasteiger partial charge in [-0.05, 0) is 42.6 Å². The molecule has 208 valence electrons. The van der Waals surface area contributed by atoms with Crippen LogP contribution in [0.2, 0.25) is 0 Å². The summed E-state index contributed by atoms with van der Waals surface area (Å²) in [5.41, 5.74) is 3.95. The number of likely N-dealkylation sites (tertiary alicyclic amines) is 1. The number of nitrogens with one attached hydrogen (secondary N) is 1. The van der Waals surface area contributed by atoms with E-state index in [1.807, 2.05) is 62.4 Å². The molecule has 0 bridgehead atoms. The minimum Gasteiger partial charge on any atom is -0.494 e. The highest BCUT2D eigenvalue weighted by atomic mass is 16.5. The van der Waals surface area contributed by atoms with Crippen LogP contribution in [0.3, 0.4) is 0 Å². The zero-order valence-corrected chi connectivity index (χ0v) is 23.8. The van der Waals surface area contributed by atoms with Crippen LogP contribution in [0.5, 0.6) is 5.75 Å². The predicted octanol–water partition coefficient (Wildman–Crippen LogP) is 5.23. The average Bonchev–Trinajstić information content (AvgIpc) is 3.60. The van der Waals surface area contributed by atoms with Crippen LogP contribution in [0.25, 0.3) is 11.4 Å². The van der Waals surface area contributed by atoms with E-state index in [1.165, 1.54) is 12.0 Å². The number of anilines is 4. The number of carbonyl (C=O) groups excluding carboxylic acids is 1. The quantitative estimate of drug-likeness (QED) is 0.271. The normalized spacial score (nSPS) is 15.3. The van der Waals surface area contributed by atoms with Gasteiger partial charge in [-0.15, -0.1) is 0 Å². The zero-order valence-electron chi connectivity index (χ0n) is 23.8. The number of methoxy groups -OCH3 is 1. The first-order valence-electron chi connectivity index (χ1n) is 13.6. The second-order valence-corrected chi connectivity index (χ2v) is 10.3. The Morgan fingerprint density at radius 3 is 2.60 bits per heavy atom. The summed E-state index contributed by atoms with van der Waals surface area (Å²) >= 11 is 0. The molecule has 1 N–H and O–H groups in total. The Labute approximate surface area is 235 Å². The highest BCUT2D eigenvalue weighted by molar-refractivity contribution is 6.02. The van der Waals surface area contributed by atoms with E-state index in [1.54, 1.807) is 24.3 Å². The molecule has 4 heterocycles. The Morgan fingerprint density at radius 2 is 1.95 bits per heavy atom. The van der Waals surface area contributed by atoms with Crippen LogP contribution in [0, 0.1) is 5.92 Å². The van der Waals surface area contributed by atoms with E-state index in [9.17, 15) is 4.79 Å². The first-order chi connectivity index (χ1) is 19.4. The van der Waals surface area contributed by atoms with Crippen LogP contribution in [-0.4, -0.2) is 62.7 Å². The van der Waals surface area contributed by atoms with Crippen LogP contribution >= 0.6 is 0 Å². The van der Waals surface area contributed by atoms with Crippen molar-refractivity contribution in [1.29, 1.82) is 0 Å². The topological polar surface area (TPSA) is 101 Å². The monoisotopic (exact) mass is 540 g/mol. The smallest absolute Gasteiger partial charge is 0.184 e. The molecule has 5 rings (SSSR count). The fourth-order valence-electron chi connectivity index (χ4n) is 5.12. The lowest BCUT2D eigenvalue weighted by atomic mass is 10.1. The third-order valence-corrected chi connectivity index (χ3v) is 7.26. The number of carbonyl (C=O) groups is 1. The lowest BCUT2D eigenvalue weighted by Crippen LogP contribution is -2.19. The van der Waals surface area contributed by atoms with Crippen molar-refractivity contribution in [2.75, 3.05) is 37.5 Å². The summed E-state index contributed by atoms with van der Waals surface area (Å²) in [6, 6.07) is 11.7. The SMILES string of the molecule is CCC(=O)c1cnc(Nc2ccc(CN3CC[C@@H](C)C3)cn2)cc1N(C)c1cccc(-c2ncn(C)n2)c1OC. The number of hydrogen-bond acceptors (Lipinski definition) is 9. The lowest BCUT2D eigenvalue weighted by molar-refractivity contribution is 0.0988. The van der Waals surface area contributed by atoms with Crippen LogP contribution in [0.4, 0.5) is 23.0 Å². The first kappa shape index (κ1) is 27.3. The molecule has 0 saturated carbocycles. The minimum atomic E-state index is 0.00104. The third kappa shape index (κ3) is 5.81. The summed E-state index contributed by atoms with van der Waals surface area (Å²) in [5.74, 6) is 3.21. The first-order valence-corrected chi connectivity index (χ1v) is 13.6. The van der Waals surface area contributed by atoms with E-state index in [0.29, 0.717) is 40.9 Å². The van der Waals surface area contributed by atoms with Crippen LogP contribution in [-0.2, 0) is 13.6 Å². The van der Waals surface area contributed by atoms with Crippen molar-refractivity contribution < 1.29 is 9.53 Å². The molecule has 4 aromatic rings. The molecule has 0 aliphatic carbocycles. The number of rotatable bonds is 10. The number of aromatic nitrogens is 5. The lowest BCUT2D eigenvalue weighted by Gasteiger charge is -2.25. The van der Waals surface area contributed by atoms with E-state index in [4.69, 9.17) is 4.74 Å². The van der Waals surface area contributed by atoms with Gasteiger partial charge in [0, 0.05) is 52.1 Å². The van der Waals surface area contributed by atoms with Gasteiger partial charge < -0.3 is 15.0 Å². The number of ether oxygens (including phenoxy) is 1. The van der Waals surface area contributed by atoms with Crippen molar-refractivity contribution in [3.63, 3.8) is 0 Å². The van der Waals surface area contributed by atoms with Crippen molar-refractivity contribution in [3.8, 4) is 17.1 Å². The highest BCUT2D eigenvalue weighted by Gasteiger charge is 2.22. The number of pyridine rings is 2. The van der Waals surface area contributed by atoms with Gasteiger partial charge in [0.2, 0.25) is 0 Å². The molecule has 1 atom stereocenters. The van der Waals surface area contributed by atoms with E-state index >= 15 is 0 Å². The molecule has 1 fully saturated rings. The fraction of sp³-hybridized carbons (Fsp3) is 0.367. The van der Waals surface area contributed by atoms with Crippen molar-refractivity contribution in [2.45, 2.75) is 33.2 Å². The summed E-state index contributed by atoms with van der Waals surface area (Å²) in [6.07, 6.45) is 6.80. The molecular formula is C30H36N8O2. The van der Waals surface area contributed by atoms with Crippen molar-refractivity contribution >= 4 is 28.8 Å². The van der Waals surface area contributed by atoms with Gasteiger partial charge in [-0.25, -0.2) is 15.0 Å². The molecule has 1 saturated heterocycles. The maximum absolute atomic E-state index is 12.9. The molecule has 1 aromatic carbocycles. The van der Waals surface area contributed by atoms with Gasteiger partial charge >= 0.3 is 0 Å². The summed E-state index contributed by atoms with van der Waals surface area (Å²) in [6.45, 7) is 7.33. The number of benzene rings is 1. The van der Waals surface area contributed by atoms with Gasteiger partial charge in [0.15, 0.2) is 17.4 Å². The maximum Gasteiger partial charge on any atom is 0.184 e. The highest BCUT2D eigenvalue weighted by Crippen LogP contribution is 2.40. The summed E-state index contributed by atoms with van der Waals surface area (Å²) in [7, 11) is 5.35. The van der Waals surface area contributed by atoms with Gasteiger partial charge in [-0.1, -0.05) is 26.0 Å². The molecule has 40 heavy (non-hydrogen) atoms. The second kappa shape index (κ2) is 11.8. The van der Waals surface area contributed by atoms with Crippen LogP contribution in [0.15, 0.2) is 55.1 Å². The van der Waals surface area contributed by atoms with E-state index in [0.717, 1.165) is 36.8 Å². The Hall–Kier alpha value is -4.31. The number of aryl methyl sites for hydroxylation is 1. The molecule has 0 radical (unpaired) electrons. The van der Waals surface area contributed by atoms with Crippen LogP contribution < -0.4 is 15.0 Å². The van der Waals surface area contributed by atoms with E-state index in [2.05, 4.69) is 43.3 Å². The summed E-state index contributed by atoms with van der Waals surface area (Å²) in [5, 5.41) is 7.75. The van der Waals surface area contributed by atoms with Crippen molar-refractivity contribution in [3.05, 3.63) is 66.2 Å². The molecular weight excluding hydrogens is 504 g/mol. The molecule has 1 aliphatic heterocycles. The average molecular weight is 541 g/mol. The third-order valence-electron chi connectivity index (χ3n) is 7.26. The minimum absolute atomic E-state index is 0.00104. The van der Waals surface area contributed by atoms with Gasteiger partial charge in [0.1, 0.15) is 18.0 Å². The van der Waals surface area contributed by atoms with Gasteiger partial charge in [-0.3, -0.25) is 14.4 Å². The Kier molecular flexibility index (Phi) is 8.06. The zero-order chi connectivity index (χ0) is 28.2. The van der Waals surface area contributed by atoms with Crippen LogP contribution in [0.1, 0.15) is 42.6 Å². The van der Waals surface area contributed by atoms with Gasteiger partial charge in [-0.2, -0.15) is 5.10 Å². The number of ketones is 1. The maximum atomic E-state index is 12.9. The van der Waals surface area contributed by atoms with E-state index in [-0.39, 0.29) is 5.78 Å². The van der Waals surface area contributed by atoms with Crippen molar-refractivity contribution in [1.82, 2.24) is 29.6 Å². The summed E-state index contributed by atoms with van der Waals surface area (Å²) in [4.78, 5) is 30.9. The molecule has 10 nitrogen and oxygen atoms in total. The second-order valence-electron chi connectivity index (χ2n) is 10.3. The predicted molar refractivity (Wildman–Crippen MR) is 156 cm³/mol. The number of nitrogens with zero attached hydrogens (tertiary/aromatic N) is 7. The number of Topliss-reactive ketones (excluding diaryl/α,β-unsaturated/α-hetero) is 1. The molecule has 0 amide bonds. The number of para-hydroxylation sites is 1. The largest absolute Gasteiger partial charge is 0.494 e. The molecule has 1 aliphatic rings. The Bertz CT molecular complexity index is 1480. The standard InChI is InChI=1S/C30H36N8O2/c1-6-26(39)23-16-32-28(34-27-11-10-21(15-31-27)18-38-13-12-20(2)17-38)14-25(23)37(4)24-9-7-8-22(29(24)40-5)30-33-19-36(3)35-30/h7-11,14-16,19-20H,6,12-13,17-18H2,1-5H3,(H,31,32,34)/t20-/m1/s1. The molecule has 0 unspecified atom stereocenters. The van der Waals surface area contributed by atoms with E-state index < -0.39 is 0 Å². The van der Waals surface area contributed by atoms with Crippen molar-refractivity contribution in [2.24, 2.45) is 13.0 Å². The Morgan fingerprint density at radius 1 is 1.12 bits per heavy atom. The molecule has 10 heteroatoms. The fourth-order valence-corrected chi connectivity index (χ4v) is 5.12. The van der Waals surface area contributed by atoms with Gasteiger partial charge in [0.25, 0.3) is 0 Å². The Balaban J connectivity index is 1.43. The molecule has 0 spiro atoms.